The van der Waals surface area contributed by atoms with Gasteiger partial charge < -0.3 is 20.5 Å². The minimum absolute atomic E-state index is 0.567. The molecule has 0 fully saturated rings. The highest BCUT2D eigenvalue weighted by atomic mass is 79.9. The maximum atomic E-state index is 11.3. The van der Waals surface area contributed by atoms with Crippen molar-refractivity contribution < 1.29 is 14.7 Å². The molecule has 5 nitrogen and oxygen atoms in total. The lowest BCUT2D eigenvalue weighted by Gasteiger charge is -2.15. The van der Waals surface area contributed by atoms with Gasteiger partial charge in [-0.2, -0.15) is 0 Å². The lowest BCUT2D eigenvalue weighted by atomic mass is 10.3. The minimum atomic E-state index is -1.33. The number of nitrogens with one attached hydrogen (secondary N) is 2. The van der Waals surface area contributed by atoms with Crippen LogP contribution in [0.2, 0.25) is 0 Å². The number of anilines is 1. The highest BCUT2D eigenvalue weighted by Crippen LogP contribution is 2.15. The Morgan fingerprint density at radius 3 is 2.69 bits per heavy atom. The van der Waals surface area contributed by atoms with Crippen molar-refractivity contribution >= 4 is 33.6 Å². The summed E-state index contributed by atoms with van der Waals surface area (Å²) in [6, 6.07) is 5.33. The van der Waals surface area contributed by atoms with Gasteiger partial charge in [0.05, 0.1) is 12.0 Å². The Labute approximate surface area is 101 Å². The molecule has 0 aliphatic heterocycles. The zero-order chi connectivity index (χ0) is 12.1. The maximum absolute atomic E-state index is 11.3. The smallest absolute Gasteiger partial charge is 0.319 e. The third kappa shape index (κ3) is 3.90. The first-order valence-corrected chi connectivity index (χ1v) is 5.32. The van der Waals surface area contributed by atoms with Crippen LogP contribution in [0.5, 0.6) is 0 Å². The molecule has 86 valence electrons. The Morgan fingerprint density at radius 1 is 1.44 bits per heavy atom. The van der Waals surface area contributed by atoms with Gasteiger partial charge in [0.2, 0.25) is 0 Å². The van der Waals surface area contributed by atoms with Gasteiger partial charge in [-0.25, -0.2) is 4.79 Å². The molecule has 0 bridgehead atoms. The summed E-state index contributed by atoms with van der Waals surface area (Å²) >= 11 is 3.25. The predicted octanol–water partition coefficient (Wildman–Crippen LogP) is 0.709. The number of carboxylic acids is 1. The van der Waals surface area contributed by atoms with Crippen LogP contribution in [-0.2, 0) is 4.79 Å². The average Bonchev–Trinajstić information content (AvgIpc) is 2.16. The summed E-state index contributed by atoms with van der Waals surface area (Å²) in [5.74, 6) is -1.33. The van der Waals surface area contributed by atoms with Crippen LogP contribution in [0.25, 0.3) is 0 Å². The van der Waals surface area contributed by atoms with Gasteiger partial charge in [-0.15, -0.1) is 0 Å². The topological polar surface area (TPSA) is 81.3 Å². The van der Waals surface area contributed by atoms with Gasteiger partial charge in [0, 0.05) is 10.2 Å². The molecule has 2 amide bonds. The molecule has 1 aromatic rings. The number of carbonyl (C=O) groups is 2. The molecule has 16 heavy (non-hydrogen) atoms. The third-order valence-electron chi connectivity index (χ3n) is 1.78. The van der Waals surface area contributed by atoms with E-state index in [4.69, 9.17) is 0 Å². The molecule has 0 saturated heterocycles. The summed E-state index contributed by atoms with van der Waals surface area (Å²) in [7, 11) is 0. The summed E-state index contributed by atoms with van der Waals surface area (Å²) in [6.07, 6.45) is 0. The highest BCUT2D eigenvalue weighted by molar-refractivity contribution is 9.10. The van der Waals surface area contributed by atoms with E-state index in [9.17, 15) is 14.7 Å². The molecule has 0 saturated carbocycles. The first kappa shape index (κ1) is 12.5. The van der Waals surface area contributed by atoms with Crippen LogP contribution >= 0.6 is 15.9 Å². The number of amides is 2. The van der Waals surface area contributed by atoms with E-state index in [1.807, 2.05) is 6.07 Å². The van der Waals surface area contributed by atoms with E-state index >= 15 is 0 Å². The lowest BCUT2D eigenvalue weighted by Crippen LogP contribution is -2.47. The molecule has 0 radical (unpaired) electrons. The molecule has 2 N–H and O–H groups in total. The number of carboxylic acid groups (broad SMARTS) is 1. The van der Waals surface area contributed by atoms with Crippen LogP contribution in [0.3, 0.4) is 0 Å². The summed E-state index contributed by atoms with van der Waals surface area (Å²) in [5.41, 5.74) is 0.567. The van der Waals surface area contributed by atoms with Crippen LogP contribution in [0.1, 0.15) is 6.92 Å². The van der Waals surface area contributed by atoms with Crippen molar-refractivity contribution in [2.75, 3.05) is 5.32 Å². The van der Waals surface area contributed by atoms with Crippen molar-refractivity contribution in [2.45, 2.75) is 13.0 Å². The number of halogens is 1. The standard InChI is InChI=1S/C10H11BrN2O3/c1-6(9(14)15)12-10(16)13-8-4-2-3-7(11)5-8/h2-6H,1H3,(H,14,15)(H2,12,13,16)/p-1/t6-/m1/s1. The van der Waals surface area contributed by atoms with Crippen molar-refractivity contribution in [1.29, 1.82) is 0 Å². The van der Waals surface area contributed by atoms with Crippen molar-refractivity contribution in [3.8, 4) is 0 Å². The predicted molar refractivity (Wildman–Crippen MR) is 60.8 cm³/mol. The number of hydrogen-bond donors (Lipinski definition) is 2. The molecule has 1 aromatic carbocycles. The molecule has 1 atom stereocenters. The first-order chi connectivity index (χ1) is 7.49. The normalized spacial score (nSPS) is 11.6. The minimum Gasteiger partial charge on any atom is -0.548 e. The van der Waals surface area contributed by atoms with Crippen LogP contribution in [-0.4, -0.2) is 18.0 Å². The molecule has 1 rings (SSSR count). The second kappa shape index (κ2) is 5.50. The zero-order valence-corrected chi connectivity index (χ0v) is 10.1. The largest absolute Gasteiger partial charge is 0.548 e. The van der Waals surface area contributed by atoms with Crippen molar-refractivity contribution in [3.05, 3.63) is 28.7 Å². The Morgan fingerprint density at radius 2 is 2.12 bits per heavy atom. The van der Waals surface area contributed by atoms with Crippen molar-refractivity contribution in [1.82, 2.24) is 5.32 Å². The van der Waals surface area contributed by atoms with Crippen LogP contribution < -0.4 is 15.7 Å². The van der Waals surface area contributed by atoms with Gasteiger partial charge in [0.15, 0.2) is 0 Å². The number of aliphatic carboxylic acids is 1. The molecular formula is C10H10BrN2O3-. The SMILES string of the molecule is C[C@@H](NC(=O)Nc1cccc(Br)c1)C(=O)[O-]. The molecular weight excluding hydrogens is 276 g/mol. The fourth-order valence-electron chi connectivity index (χ4n) is 0.989. The van der Waals surface area contributed by atoms with Gasteiger partial charge in [-0.1, -0.05) is 22.0 Å². The van der Waals surface area contributed by atoms with E-state index in [0.29, 0.717) is 5.69 Å². The third-order valence-corrected chi connectivity index (χ3v) is 2.28. The van der Waals surface area contributed by atoms with Gasteiger partial charge in [0.1, 0.15) is 0 Å². The number of hydrogen-bond acceptors (Lipinski definition) is 3. The second-order valence-corrected chi connectivity index (χ2v) is 4.07. The lowest BCUT2D eigenvalue weighted by molar-refractivity contribution is -0.307. The van der Waals surface area contributed by atoms with E-state index < -0.39 is 18.0 Å². The molecule has 0 aliphatic rings. The highest BCUT2D eigenvalue weighted by Gasteiger charge is 2.07. The number of rotatable bonds is 3. The Bertz CT molecular complexity index is 409. The summed E-state index contributed by atoms with van der Waals surface area (Å²) in [5, 5.41) is 15.1. The molecule has 6 heteroatoms. The fraction of sp³-hybridized carbons (Fsp3) is 0.200. The zero-order valence-electron chi connectivity index (χ0n) is 8.49. The molecule has 0 spiro atoms. The van der Waals surface area contributed by atoms with E-state index in [1.54, 1.807) is 18.2 Å². The number of carbonyl (C=O) groups excluding carboxylic acids is 2. The van der Waals surface area contributed by atoms with Gasteiger partial charge in [0.25, 0.3) is 0 Å². The quantitative estimate of drug-likeness (QED) is 0.858. The monoisotopic (exact) mass is 285 g/mol. The van der Waals surface area contributed by atoms with Crippen molar-refractivity contribution in [3.63, 3.8) is 0 Å². The number of benzene rings is 1. The molecule has 0 heterocycles. The fourth-order valence-corrected chi connectivity index (χ4v) is 1.39. The van der Waals surface area contributed by atoms with Gasteiger partial charge in [-0.3, -0.25) is 0 Å². The summed E-state index contributed by atoms with van der Waals surface area (Å²) in [4.78, 5) is 21.7. The molecule has 0 aliphatic carbocycles. The van der Waals surface area contributed by atoms with E-state index in [0.717, 1.165) is 4.47 Å². The molecule has 0 aromatic heterocycles. The summed E-state index contributed by atoms with van der Waals surface area (Å²) in [6.45, 7) is 1.33. The van der Waals surface area contributed by atoms with Crippen LogP contribution in [0.15, 0.2) is 28.7 Å². The average molecular weight is 286 g/mol. The second-order valence-electron chi connectivity index (χ2n) is 3.15. The van der Waals surface area contributed by atoms with E-state index in [-0.39, 0.29) is 0 Å². The van der Waals surface area contributed by atoms with E-state index in [1.165, 1.54) is 6.92 Å². The Hall–Kier alpha value is -1.56. The number of urea groups is 1. The van der Waals surface area contributed by atoms with Gasteiger partial charge >= 0.3 is 6.03 Å². The summed E-state index contributed by atoms with van der Waals surface area (Å²) < 4.78 is 0.818. The Balaban J connectivity index is 2.55. The Kier molecular flexibility index (Phi) is 4.30. The van der Waals surface area contributed by atoms with Crippen molar-refractivity contribution in [2.24, 2.45) is 0 Å². The van der Waals surface area contributed by atoms with Crippen LogP contribution in [0, 0.1) is 0 Å². The first-order valence-electron chi connectivity index (χ1n) is 4.53. The van der Waals surface area contributed by atoms with Gasteiger partial charge in [-0.05, 0) is 25.1 Å². The van der Waals surface area contributed by atoms with Crippen LogP contribution in [0.4, 0.5) is 10.5 Å². The molecule has 0 unspecified atom stereocenters. The van der Waals surface area contributed by atoms with E-state index in [2.05, 4.69) is 26.6 Å². The maximum Gasteiger partial charge on any atom is 0.319 e.